The Balaban J connectivity index is 1.46. The molecule has 6 N–H and O–H groups in total. The number of primary amides is 1. The first-order valence-electron chi connectivity index (χ1n) is 15.4. The summed E-state index contributed by atoms with van der Waals surface area (Å²) in [6.45, 7) is 4.32. The van der Waals surface area contributed by atoms with Gasteiger partial charge in [-0.2, -0.15) is 0 Å². The van der Waals surface area contributed by atoms with Crippen LogP contribution in [0.4, 0.5) is 5.69 Å². The zero-order valence-corrected chi connectivity index (χ0v) is 26.7. The molecule has 0 radical (unpaired) electrons. The van der Waals surface area contributed by atoms with Gasteiger partial charge in [0.15, 0.2) is 11.4 Å². The van der Waals surface area contributed by atoms with E-state index in [2.05, 4.69) is 16.8 Å². The Bertz CT molecular complexity index is 1700. The number of phenolic OH excluding ortho intramolecular Hbond substituents is 1. The second-order valence-corrected chi connectivity index (χ2v) is 13.3. The van der Waals surface area contributed by atoms with E-state index in [9.17, 15) is 34.8 Å². The van der Waals surface area contributed by atoms with Crippen molar-refractivity contribution in [3.8, 4) is 17.1 Å². The molecule has 1 saturated carbocycles. The number of likely N-dealkylation sites (N-methyl/N-ethyl adjacent to an activating group) is 2. The van der Waals surface area contributed by atoms with Crippen molar-refractivity contribution < 1.29 is 39.2 Å². The number of piperazine rings is 1. The second-order valence-electron chi connectivity index (χ2n) is 13.3. The summed E-state index contributed by atoms with van der Waals surface area (Å²) >= 11 is 0. The van der Waals surface area contributed by atoms with Crippen molar-refractivity contribution in [1.29, 1.82) is 0 Å². The summed E-state index contributed by atoms with van der Waals surface area (Å²) < 4.78 is 6.19. The van der Waals surface area contributed by atoms with Gasteiger partial charge in [-0.3, -0.25) is 24.2 Å². The highest BCUT2D eigenvalue weighted by atomic mass is 16.4. The molecule has 1 aromatic carbocycles. The highest BCUT2D eigenvalue weighted by molar-refractivity contribution is 6.24. The van der Waals surface area contributed by atoms with Crippen LogP contribution in [0.15, 0.2) is 39.5 Å². The number of phenols is 1. The van der Waals surface area contributed by atoms with E-state index in [1.807, 2.05) is 25.1 Å². The maximum absolute atomic E-state index is 14.2. The maximum atomic E-state index is 14.2. The summed E-state index contributed by atoms with van der Waals surface area (Å²) in [5.74, 6) is -5.75. The number of aliphatic hydroxyl groups is 3. The predicted octanol–water partition coefficient (Wildman–Crippen LogP) is 1.04. The van der Waals surface area contributed by atoms with Crippen LogP contribution in [-0.2, 0) is 27.3 Å². The zero-order valence-electron chi connectivity index (χ0n) is 26.7. The Labute approximate surface area is 266 Å². The lowest BCUT2D eigenvalue weighted by atomic mass is 9.57. The van der Waals surface area contributed by atoms with Crippen molar-refractivity contribution in [2.45, 2.75) is 31.0 Å². The number of Topliss-reactive ketones (excluding diaryl/α,β-unsaturated/α-hetero) is 2. The zero-order chi connectivity index (χ0) is 33.4. The van der Waals surface area contributed by atoms with Crippen LogP contribution < -0.4 is 10.6 Å². The molecule has 4 atom stereocenters. The maximum Gasteiger partial charge on any atom is 0.255 e. The summed E-state index contributed by atoms with van der Waals surface area (Å²) in [5, 5.41) is 46.5. The minimum atomic E-state index is -2.69. The molecule has 2 aromatic rings. The van der Waals surface area contributed by atoms with Gasteiger partial charge in [-0.25, -0.2) is 0 Å². The predicted molar refractivity (Wildman–Crippen MR) is 169 cm³/mol. The van der Waals surface area contributed by atoms with E-state index < -0.39 is 58.0 Å². The standard InChI is InChI=1S/C33H41N5O8/c1-35(2)21-14-19(22-7-6-17(46-22)15-38-10-8-37(5)9-11-38)27(39)24-18(21)12-16-13-20-26(36(3)4)29(41)25(32(34)44)31(43)33(20,45)30(42)23(16)28(24)40/h6-7,14,16,20,26,39-40,43,45H,8-13,15H2,1-5H3,(H2,34,44)/t16-,20+,26+,33+/m1/s1. The third-order valence-electron chi connectivity index (χ3n) is 10.1. The number of hydrogen-bond acceptors (Lipinski definition) is 12. The van der Waals surface area contributed by atoms with Gasteiger partial charge in [0.2, 0.25) is 5.78 Å². The van der Waals surface area contributed by atoms with Crippen LogP contribution in [0.5, 0.6) is 5.75 Å². The molecule has 1 amide bonds. The molecule has 0 spiro atoms. The van der Waals surface area contributed by atoms with Gasteiger partial charge in [0.25, 0.3) is 5.91 Å². The molecule has 46 heavy (non-hydrogen) atoms. The lowest BCUT2D eigenvalue weighted by Crippen LogP contribution is -2.65. The van der Waals surface area contributed by atoms with Crippen molar-refractivity contribution in [2.75, 3.05) is 66.3 Å². The highest BCUT2D eigenvalue weighted by Gasteiger charge is 2.64. The van der Waals surface area contributed by atoms with Crippen LogP contribution >= 0.6 is 0 Å². The summed E-state index contributed by atoms with van der Waals surface area (Å²) in [4.78, 5) is 47.7. The number of carbonyl (C=O) groups excluding carboxylic acids is 3. The van der Waals surface area contributed by atoms with E-state index in [1.165, 1.54) is 4.90 Å². The van der Waals surface area contributed by atoms with E-state index in [4.69, 9.17) is 10.2 Å². The average molecular weight is 636 g/mol. The molecular formula is C33H41N5O8. The number of aliphatic hydroxyl groups excluding tert-OH is 2. The Morgan fingerprint density at radius 1 is 1.09 bits per heavy atom. The first-order valence-corrected chi connectivity index (χ1v) is 15.4. The summed E-state index contributed by atoms with van der Waals surface area (Å²) in [6, 6.07) is 4.26. The van der Waals surface area contributed by atoms with Crippen LogP contribution in [0.1, 0.15) is 23.3 Å². The second kappa shape index (κ2) is 11.3. The SMILES string of the molecule is CN1CCN(Cc2ccc(-c3cc(N(C)C)c4c(c3O)C(O)=C3C(=O)[C@]5(O)C(O)=C(C(N)=O)C(=O)[C@@H](N(C)C)[C@@H]5C[C@H]3C4)o2)CC1. The molecular weight excluding hydrogens is 594 g/mol. The van der Waals surface area contributed by atoms with Gasteiger partial charge in [-0.05, 0) is 63.7 Å². The monoisotopic (exact) mass is 635 g/mol. The number of fused-ring (bicyclic) bond motifs is 3. The van der Waals surface area contributed by atoms with Gasteiger partial charge in [-0.15, -0.1) is 0 Å². The summed E-state index contributed by atoms with van der Waals surface area (Å²) in [6.07, 6.45) is 0.220. The number of rotatable bonds is 6. The van der Waals surface area contributed by atoms with Crippen molar-refractivity contribution in [3.63, 3.8) is 0 Å². The van der Waals surface area contributed by atoms with Crippen molar-refractivity contribution in [1.82, 2.24) is 14.7 Å². The molecule has 1 saturated heterocycles. The van der Waals surface area contributed by atoms with Gasteiger partial charge >= 0.3 is 0 Å². The third-order valence-corrected chi connectivity index (χ3v) is 10.1. The van der Waals surface area contributed by atoms with Crippen molar-refractivity contribution >= 4 is 28.9 Å². The van der Waals surface area contributed by atoms with E-state index >= 15 is 0 Å². The van der Waals surface area contributed by atoms with Crippen molar-refractivity contribution in [2.24, 2.45) is 17.6 Å². The Kier molecular flexibility index (Phi) is 7.79. The third kappa shape index (κ3) is 4.72. The minimum absolute atomic E-state index is 0.0227. The number of carbonyl (C=O) groups is 3. The van der Waals surface area contributed by atoms with Gasteiger partial charge in [0.1, 0.15) is 34.4 Å². The Morgan fingerprint density at radius 3 is 2.37 bits per heavy atom. The molecule has 0 unspecified atom stereocenters. The van der Waals surface area contributed by atoms with E-state index in [0.717, 1.165) is 31.9 Å². The molecule has 1 aliphatic heterocycles. The van der Waals surface area contributed by atoms with E-state index in [-0.39, 0.29) is 29.7 Å². The minimum Gasteiger partial charge on any atom is -0.508 e. The number of furan rings is 1. The number of ketones is 2. The number of amides is 1. The molecule has 13 nitrogen and oxygen atoms in total. The van der Waals surface area contributed by atoms with Crippen LogP contribution in [0.25, 0.3) is 17.1 Å². The normalized spacial score (nSPS) is 27.2. The largest absolute Gasteiger partial charge is 0.508 e. The number of nitrogens with two attached hydrogens (primary N) is 1. The lowest BCUT2D eigenvalue weighted by Gasteiger charge is -2.50. The molecule has 6 rings (SSSR count). The van der Waals surface area contributed by atoms with Crippen LogP contribution in [0, 0.1) is 11.8 Å². The molecule has 13 heteroatoms. The smallest absolute Gasteiger partial charge is 0.255 e. The fourth-order valence-electron chi connectivity index (χ4n) is 7.71. The van der Waals surface area contributed by atoms with Gasteiger partial charge in [-0.1, -0.05) is 0 Å². The Hall–Kier alpha value is -4.17. The summed E-state index contributed by atoms with van der Waals surface area (Å²) in [7, 11) is 8.89. The number of nitrogens with zero attached hydrogens (tertiary/aromatic N) is 4. The molecule has 4 aliphatic rings. The van der Waals surface area contributed by atoms with Crippen LogP contribution in [-0.4, -0.2) is 126 Å². The molecule has 0 bridgehead atoms. The molecule has 2 fully saturated rings. The van der Waals surface area contributed by atoms with Crippen LogP contribution in [0.2, 0.25) is 0 Å². The van der Waals surface area contributed by atoms with Crippen molar-refractivity contribution in [3.05, 3.63) is 52.0 Å². The average Bonchev–Trinajstić information content (AvgIpc) is 3.44. The molecule has 2 heterocycles. The molecule has 3 aliphatic carbocycles. The number of hydrogen-bond donors (Lipinski definition) is 5. The number of anilines is 1. The van der Waals surface area contributed by atoms with Crippen LogP contribution in [0.3, 0.4) is 0 Å². The first-order chi connectivity index (χ1) is 21.7. The van der Waals surface area contributed by atoms with Gasteiger partial charge < -0.3 is 40.4 Å². The molecule has 1 aromatic heterocycles. The first kappa shape index (κ1) is 31.8. The quantitative estimate of drug-likeness (QED) is 0.285. The summed E-state index contributed by atoms with van der Waals surface area (Å²) in [5.41, 5.74) is 3.30. The highest BCUT2D eigenvalue weighted by Crippen LogP contribution is 2.55. The van der Waals surface area contributed by atoms with Gasteiger partial charge in [0, 0.05) is 57.5 Å². The van der Waals surface area contributed by atoms with Gasteiger partial charge in [0.05, 0.1) is 23.7 Å². The fourth-order valence-corrected chi connectivity index (χ4v) is 7.71. The fraction of sp³-hybridized carbons (Fsp3) is 0.485. The van der Waals surface area contributed by atoms with E-state index in [1.54, 1.807) is 26.2 Å². The molecule has 246 valence electrons. The Morgan fingerprint density at radius 2 is 1.76 bits per heavy atom. The topological polar surface area (TPSA) is 184 Å². The lowest BCUT2D eigenvalue weighted by molar-refractivity contribution is -0.153. The number of aromatic hydroxyl groups is 1. The number of benzene rings is 1. The van der Waals surface area contributed by atoms with E-state index in [0.29, 0.717) is 29.1 Å².